The van der Waals surface area contributed by atoms with Gasteiger partial charge in [0.15, 0.2) is 0 Å². The van der Waals surface area contributed by atoms with Crippen molar-refractivity contribution < 1.29 is 0 Å². The molecule has 2 nitrogen and oxygen atoms in total. The second-order valence-electron chi connectivity index (χ2n) is 6.02. The zero-order chi connectivity index (χ0) is 16.5. The molecule has 24 heavy (non-hydrogen) atoms. The quantitative estimate of drug-likeness (QED) is 0.680. The summed E-state index contributed by atoms with van der Waals surface area (Å²) >= 11 is 5.41. The lowest BCUT2D eigenvalue weighted by atomic mass is 9.81. The highest BCUT2D eigenvalue weighted by molar-refractivity contribution is 7.80. The Labute approximate surface area is 147 Å². The van der Waals surface area contributed by atoms with Crippen LogP contribution in [0.5, 0.6) is 0 Å². The summed E-state index contributed by atoms with van der Waals surface area (Å²) in [5.74, 6) is -0.0430. The third kappa shape index (κ3) is 2.62. The number of anilines is 1. The van der Waals surface area contributed by atoms with E-state index in [0.29, 0.717) is 4.99 Å². The van der Waals surface area contributed by atoms with Crippen molar-refractivity contribution in [2.24, 2.45) is 0 Å². The molecule has 3 aromatic rings. The summed E-state index contributed by atoms with van der Waals surface area (Å²) < 4.78 is 0. The predicted molar refractivity (Wildman–Crippen MR) is 103 cm³/mol. The van der Waals surface area contributed by atoms with E-state index in [1.165, 1.54) is 5.56 Å². The van der Waals surface area contributed by atoms with E-state index >= 15 is 0 Å². The van der Waals surface area contributed by atoms with Gasteiger partial charge in [-0.3, -0.25) is 0 Å². The average Bonchev–Trinajstić information content (AvgIpc) is 2.64. The molecule has 1 aliphatic rings. The van der Waals surface area contributed by atoms with Gasteiger partial charge in [-0.25, -0.2) is 5.73 Å². The Hall–Kier alpha value is -2.49. The molecule has 1 radical (unpaired) electrons. The third-order valence-electron chi connectivity index (χ3n) is 4.53. The first-order chi connectivity index (χ1) is 11.7. The number of thiocarbonyl (C=S) groups is 1. The summed E-state index contributed by atoms with van der Waals surface area (Å²) in [6, 6.07) is 26.4. The first kappa shape index (κ1) is 15.1. The Morgan fingerprint density at radius 2 is 1.46 bits per heavy atom. The van der Waals surface area contributed by atoms with E-state index in [4.69, 9.17) is 18.0 Å². The second-order valence-corrected chi connectivity index (χ2v) is 6.46. The van der Waals surface area contributed by atoms with Gasteiger partial charge in [-0.05, 0) is 34.4 Å². The standard InChI is InChI=1S/C21H17N2S/c22-20-19(15-9-5-2-6-10-15)17-13-16(14-7-3-1-4-8-14)11-12-18(17)23-21(20)24/h1-13,19-20,22H,(H,23,24). The molecule has 1 heterocycles. The van der Waals surface area contributed by atoms with E-state index in [9.17, 15) is 0 Å². The molecule has 4 rings (SSSR count). The SMILES string of the molecule is [NH]C1C(=S)Nc2ccc(-c3ccccc3)cc2C1c1ccccc1. The first-order valence-electron chi connectivity index (χ1n) is 8.00. The molecule has 0 aromatic heterocycles. The summed E-state index contributed by atoms with van der Waals surface area (Å²) in [7, 11) is 0. The Morgan fingerprint density at radius 3 is 2.17 bits per heavy atom. The van der Waals surface area contributed by atoms with Gasteiger partial charge in [-0.2, -0.15) is 0 Å². The molecule has 3 aromatic carbocycles. The zero-order valence-electron chi connectivity index (χ0n) is 13.1. The van der Waals surface area contributed by atoms with E-state index in [1.807, 2.05) is 36.4 Å². The van der Waals surface area contributed by atoms with Crippen LogP contribution in [-0.2, 0) is 0 Å². The minimum atomic E-state index is -0.471. The molecule has 117 valence electrons. The van der Waals surface area contributed by atoms with E-state index in [0.717, 1.165) is 22.4 Å². The van der Waals surface area contributed by atoms with E-state index in [2.05, 4.69) is 47.8 Å². The molecule has 3 heteroatoms. The second kappa shape index (κ2) is 6.19. The van der Waals surface area contributed by atoms with Gasteiger partial charge < -0.3 is 5.32 Å². The lowest BCUT2D eigenvalue weighted by molar-refractivity contribution is 0.709. The minimum Gasteiger partial charge on any atom is -0.348 e. The van der Waals surface area contributed by atoms with Crippen molar-refractivity contribution >= 4 is 22.9 Å². The monoisotopic (exact) mass is 329 g/mol. The normalized spacial score (nSPS) is 19.5. The van der Waals surface area contributed by atoms with Crippen LogP contribution in [0.1, 0.15) is 17.0 Å². The Balaban J connectivity index is 1.87. The molecule has 0 aliphatic carbocycles. The van der Waals surface area contributed by atoms with Crippen molar-refractivity contribution in [3.05, 3.63) is 90.0 Å². The van der Waals surface area contributed by atoms with Gasteiger partial charge >= 0.3 is 0 Å². The van der Waals surface area contributed by atoms with Crippen molar-refractivity contribution in [1.82, 2.24) is 5.73 Å². The summed E-state index contributed by atoms with van der Waals surface area (Å²) in [4.78, 5) is 0.587. The first-order valence-corrected chi connectivity index (χ1v) is 8.41. The molecule has 0 saturated carbocycles. The number of benzene rings is 3. The van der Waals surface area contributed by atoms with Gasteiger partial charge in [0.2, 0.25) is 0 Å². The highest BCUT2D eigenvalue weighted by atomic mass is 32.1. The highest BCUT2D eigenvalue weighted by Gasteiger charge is 2.32. The molecule has 0 saturated heterocycles. The van der Waals surface area contributed by atoms with Gasteiger partial charge in [0.1, 0.15) is 0 Å². The van der Waals surface area contributed by atoms with E-state index in [-0.39, 0.29) is 5.92 Å². The van der Waals surface area contributed by atoms with Gasteiger partial charge in [0, 0.05) is 11.6 Å². The Kier molecular flexibility index (Phi) is 3.89. The smallest absolute Gasteiger partial charge is 0.0993 e. The fourth-order valence-electron chi connectivity index (χ4n) is 3.32. The van der Waals surface area contributed by atoms with E-state index in [1.54, 1.807) is 0 Å². The van der Waals surface area contributed by atoms with Gasteiger partial charge in [-0.15, -0.1) is 0 Å². The Morgan fingerprint density at radius 1 is 0.792 bits per heavy atom. The molecule has 2 atom stereocenters. The number of nitrogens with one attached hydrogen (secondary N) is 2. The zero-order valence-corrected chi connectivity index (χ0v) is 13.9. The van der Waals surface area contributed by atoms with Crippen LogP contribution in [0.25, 0.3) is 11.1 Å². The molecule has 0 amide bonds. The van der Waals surface area contributed by atoms with Crippen LogP contribution in [0.15, 0.2) is 78.9 Å². The van der Waals surface area contributed by atoms with Crippen LogP contribution < -0.4 is 11.1 Å². The topological polar surface area (TPSA) is 35.8 Å². The van der Waals surface area contributed by atoms with Crippen LogP contribution >= 0.6 is 12.2 Å². The van der Waals surface area contributed by atoms with Crippen LogP contribution in [0.4, 0.5) is 5.69 Å². The maximum atomic E-state index is 8.57. The maximum absolute atomic E-state index is 8.57. The molecule has 2 N–H and O–H groups in total. The number of rotatable bonds is 2. The lowest BCUT2D eigenvalue weighted by Gasteiger charge is -2.33. The molecule has 1 aliphatic heterocycles. The lowest BCUT2D eigenvalue weighted by Crippen LogP contribution is -2.38. The van der Waals surface area contributed by atoms with Crippen molar-refractivity contribution in [3.8, 4) is 11.1 Å². The van der Waals surface area contributed by atoms with Gasteiger partial charge in [0.05, 0.1) is 11.0 Å². The van der Waals surface area contributed by atoms with Crippen molar-refractivity contribution in [2.75, 3.05) is 5.32 Å². The summed E-state index contributed by atoms with van der Waals surface area (Å²) in [5, 5.41) is 3.23. The number of fused-ring (bicyclic) bond motifs is 1. The third-order valence-corrected chi connectivity index (χ3v) is 4.88. The van der Waals surface area contributed by atoms with Gasteiger partial charge in [0.25, 0.3) is 0 Å². The molecule has 0 bridgehead atoms. The number of hydrogen-bond acceptors (Lipinski definition) is 1. The minimum absolute atomic E-state index is 0.0430. The summed E-state index contributed by atoms with van der Waals surface area (Å²) in [6.07, 6.45) is 0. The van der Waals surface area contributed by atoms with E-state index < -0.39 is 6.04 Å². The predicted octanol–water partition coefficient (Wildman–Crippen LogP) is 4.89. The number of hydrogen-bond donors (Lipinski definition) is 1. The van der Waals surface area contributed by atoms with Crippen LogP contribution in [0.2, 0.25) is 0 Å². The Bertz CT molecular complexity index is 875. The van der Waals surface area contributed by atoms with Gasteiger partial charge in [-0.1, -0.05) is 78.9 Å². The fourth-order valence-corrected chi connectivity index (χ4v) is 3.56. The average molecular weight is 329 g/mol. The van der Waals surface area contributed by atoms with Crippen molar-refractivity contribution in [2.45, 2.75) is 12.0 Å². The highest BCUT2D eigenvalue weighted by Crippen LogP contribution is 2.39. The molecule has 0 fully saturated rings. The summed E-state index contributed by atoms with van der Waals surface area (Å²) in [5.41, 5.74) is 14.2. The van der Waals surface area contributed by atoms with Crippen LogP contribution in [0.3, 0.4) is 0 Å². The molecule has 2 unspecified atom stereocenters. The van der Waals surface area contributed by atoms with Crippen LogP contribution in [-0.4, -0.2) is 11.0 Å². The van der Waals surface area contributed by atoms with Crippen LogP contribution in [0, 0.1) is 0 Å². The van der Waals surface area contributed by atoms with Crippen molar-refractivity contribution in [3.63, 3.8) is 0 Å². The molecule has 0 spiro atoms. The largest absolute Gasteiger partial charge is 0.348 e. The summed E-state index contributed by atoms with van der Waals surface area (Å²) in [6.45, 7) is 0. The van der Waals surface area contributed by atoms with Crippen molar-refractivity contribution in [1.29, 1.82) is 0 Å². The fraction of sp³-hybridized carbons (Fsp3) is 0.0952. The molecular weight excluding hydrogens is 312 g/mol. The molecular formula is C21H17N2S. The maximum Gasteiger partial charge on any atom is 0.0993 e.